The molecule has 0 fully saturated rings. The van der Waals surface area contributed by atoms with E-state index in [1.807, 2.05) is 48.7 Å². The van der Waals surface area contributed by atoms with Gasteiger partial charge in [0.15, 0.2) is 0 Å². The average Bonchev–Trinajstić information content (AvgIpc) is 2.39. The van der Waals surface area contributed by atoms with E-state index in [-0.39, 0.29) is 6.10 Å². The van der Waals surface area contributed by atoms with Crippen molar-refractivity contribution in [2.75, 3.05) is 34.4 Å². The number of aliphatic hydroxyl groups is 1. The Morgan fingerprint density at radius 1 is 0.947 bits per heavy atom. The molecule has 0 aromatic rings. The van der Waals surface area contributed by atoms with Gasteiger partial charge in [0.2, 0.25) is 0 Å². The Kier molecular flexibility index (Phi) is 37.9. The van der Waals surface area contributed by atoms with Gasteiger partial charge in [0.05, 0.1) is 6.10 Å². The smallest absolute Gasteiger partial charge is 0.0524 e. The first kappa shape index (κ1) is 27.3. The van der Waals surface area contributed by atoms with E-state index in [1.54, 1.807) is 7.11 Å². The summed E-state index contributed by atoms with van der Waals surface area (Å²) in [6.45, 7) is 16.1. The van der Waals surface area contributed by atoms with E-state index in [1.165, 1.54) is 6.42 Å². The average molecular weight is 280 g/mol. The van der Waals surface area contributed by atoms with E-state index >= 15 is 0 Å². The lowest BCUT2D eigenvalue weighted by Gasteiger charge is -2.09. The molecule has 0 bridgehead atoms. The molecule has 3 heteroatoms. The predicted octanol–water partition coefficient (Wildman–Crippen LogP) is 4.05. The van der Waals surface area contributed by atoms with Crippen molar-refractivity contribution >= 4 is 0 Å². The second kappa shape index (κ2) is 26.4. The van der Waals surface area contributed by atoms with Gasteiger partial charge in [0.1, 0.15) is 0 Å². The van der Waals surface area contributed by atoms with E-state index in [2.05, 4.69) is 18.7 Å². The monoisotopic (exact) mass is 279 g/mol. The molecule has 19 heavy (non-hydrogen) atoms. The number of hydrogen-bond donors (Lipinski definition) is 1. The van der Waals surface area contributed by atoms with Gasteiger partial charge in [-0.2, -0.15) is 0 Å². The summed E-state index contributed by atoms with van der Waals surface area (Å²) in [4.78, 5) is 2.06. The Morgan fingerprint density at radius 2 is 1.37 bits per heavy atom. The van der Waals surface area contributed by atoms with Crippen LogP contribution in [0.1, 0.15) is 61.3 Å². The van der Waals surface area contributed by atoms with Crippen molar-refractivity contribution in [2.24, 2.45) is 5.92 Å². The van der Waals surface area contributed by atoms with Crippen LogP contribution in [0.3, 0.4) is 0 Å². The summed E-state index contributed by atoms with van der Waals surface area (Å²) in [5, 5.41) is 8.77. The van der Waals surface area contributed by atoms with E-state index < -0.39 is 0 Å². The van der Waals surface area contributed by atoms with Gasteiger partial charge in [-0.25, -0.2) is 0 Å². The molecule has 0 aliphatic heterocycles. The van der Waals surface area contributed by atoms with Gasteiger partial charge in [-0.15, -0.1) is 0 Å². The summed E-state index contributed by atoms with van der Waals surface area (Å²) in [5.41, 5.74) is 0. The van der Waals surface area contributed by atoms with Gasteiger partial charge < -0.3 is 14.7 Å². The fourth-order valence-electron chi connectivity index (χ4n) is 0.799. The van der Waals surface area contributed by atoms with Crippen LogP contribution in [-0.2, 0) is 4.74 Å². The zero-order chi connectivity index (χ0) is 16.3. The van der Waals surface area contributed by atoms with Gasteiger partial charge in [0.25, 0.3) is 0 Å². The van der Waals surface area contributed by atoms with Crippen LogP contribution >= 0.6 is 0 Å². The second-order valence-corrected chi connectivity index (χ2v) is 4.62. The minimum absolute atomic E-state index is 0.155. The minimum atomic E-state index is -0.155. The molecule has 1 N–H and O–H groups in total. The van der Waals surface area contributed by atoms with Gasteiger partial charge in [-0.1, -0.05) is 41.5 Å². The topological polar surface area (TPSA) is 32.7 Å². The van der Waals surface area contributed by atoms with Crippen LogP contribution in [0.5, 0.6) is 0 Å². The Balaban J connectivity index is -0.0000000941. The molecule has 3 nitrogen and oxygen atoms in total. The van der Waals surface area contributed by atoms with Crippen molar-refractivity contribution in [3.8, 4) is 0 Å². The lowest BCUT2D eigenvalue weighted by Crippen LogP contribution is -2.17. The molecule has 0 aliphatic rings. The molecular weight excluding hydrogens is 238 g/mol. The van der Waals surface area contributed by atoms with Crippen molar-refractivity contribution in [2.45, 2.75) is 67.4 Å². The van der Waals surface area contributed by atoms with E-state index in [9.17, 15) is 0 Å². The molecule has 0 amide bonds. The van der Waals surface area contributed by atoms with Crippen LogP contribution in [-0.4, -0.2) is 50.5 Å². The molecule has 0 saturated carbocycles. The molecule has 1 atom stereocenters. The largest absolute Gasteiger partial charge is 0.393 e. The molecule has 0 aromatic carbocycles. The van der Waals surface area contributed by atoms with Crippen LogP contribution in [0, 0.1) is 5.92 Å². The second-order valence-electron chi connectivity index (χ2n) is 4.62. The summed E-state index contributed by atoms with van der Waals surface area (Å²) < 4.78 is 4.85. The predicted molar refractivity (Wildman–Crippen MR) is 88.9 cm³/mol. The van der Waals surface area contributed by atoms with Gasteiger partial charge in [-0.3, -0.25) is 0 Å². The molecule has 0 heterocycles. The SMILES string of the molecule is CC.CC.CC(O)CCN(C)C.COCCC(C)C. The fourth-order valence-corrected chi connectivity index (χ4v) is 0.799. The quantitative estimate of drug-likeness (QED) is 0.796. The summed E-state index contributed by atoms with van der Waals surface area (Å²) in [5.74, 6) is 0.778. The Morgan fingerprint density at radius 3 is 1.47 bits per heavy atom. The molecule has 0 aromatic heterocycles. The summed E-state index contributed by atoms with van der Waals surface area (Å²) >= 11 is 0. The lowest BCUT2D eigenvalue weighted by molar-refractivity contribution is 0.170. The highest BCUT2D eigenvalue weighted by atomic mass is 16.5. The highest BCUT2D eigenvalue weighted by Gasteiger charge is 1.94. The number of ether oxygens (including phenoxy) is 1. The van der Waals surface area contributed by atoms with Gasteiger partial charge in [0, 0.05) is 13.7 Å². The first-order valence-corrected chi connectivity index (χ1v) is 7.71. The van der Waals surface area contributed by atoms with E-state index in [0.717, 1.165) is 25.5 Å². The zero-order valence-corrected chi connectivity index (χ0v) is 15.3. The maximum absolute atomic E-state index is 8.77. The van der Waals surface area contributed by atoms with Crippen LogP contribution in [0.4, 0.5) is 0 Å². The highest BCUT2D eigenvalue weighted by Crippen LogP contribution is 1.96. The summed E-state index contributed by atoms with van der Waals surface area (Å²) in [6.07, 6.45) is 1.89. The maximum atomic E-state index is 8.77. The van der Waals surface area contributed by atoms with Crippen molar-refractivity contribution < 1.29 is 9.84 Å². The minimum Gasteiger partial charge on any atom is -0.393 e. The molecule has 0 spiro atoms. The third-order valence-electron chi connectivity index (χ3n) is 1.89. The zero-order valence-electron chi connectivity index (χ0n) is 15.3. The maximum Gasteiger partial charge on any atom is 0.0524 e. The molecule has 0 saturated heterocycles. The standard InChI is InChI=1S/C6H15NO.C6H14O.2C2H6/c1-6(8)4-5-7(2)3;1-6(2)4-5-7-3;2*1-2/h6,8H,4-5H2,1-3H3;6H,4-5H2,1-3H3;2*1-2H3. The number of methoxy groups -OCH3 is 1. The Bertz CT molecular complexity index is 107. The Labute approximate surface area is 123 Å². The molecule has 0 rings (SSSR count). The van der Waals surface area contributed by atoms with E-state index in [4.69, 9.17) is 9.84 Å². The third kappa shape index (κ3) is 57.2. The molecule has 122 valence electrons. The number of aliphatic hydroxyl groups excluding tert-OH is 1. The Hall–Kier alpha value is -0.120. The van der Waals surface area contributed by atoms with Crippen LogP contribution < -0.4 is 0 Å². The number of rotatable bonds is 6. The first-order chi connectivity index (χ1) is 8.90. The molecule has 1 unspecified atom stereocenters. The number of nitrogens with zero attached hydrogens (tertiary/aromatic N) is 1. The first-order valence-electron chi connectivity index (χ1n) is 7.71. The highest BCUT2D eigenvalue weighted by molar-refractivity contribution is 4.49. The normalized spacial score (nSPS) is 10.6. The molecule has 0 aliphatic carbocycles. The number of hydrogen-bond acceptors (Lipinski definition) is 3. The fraction of sp³-hybridized carbons (Fsp3) is 1.00. The van der Waals surface area contributed by atoms with Crippen LogP contribution in [0.2, 0.25) is 0 Å². The molecule has 0 radical (unpaired) electrons. The molecular formula is C16H41NO2. The third-order valence-corrected chi connectivity index (χ3v) is 1.89. The summed E-state index contributed by atoms with van der Waals surface area (Å²) in [6, 6.07) is 0. The van der Waals surface area contributed by atoms with Crippen molar-refractivity contribution in [1.29, 1.82) is 0 Å². The van der Waals surface area contributed by atoms with Crippen LogP contribution in [0.15, 0.2) is 0 Å². The lowest BCUT2D eigenvalue weighted by atomic mass is 10.1. The van der Waals surface area contributed by atoms with Gasteiger partial charge in [-0.05, 0) is 46.3 Å². The van der Waals surface area contributed by atoms with Crippen molar-refractivity contribution in [3.63, 3.8) is 0 Å². The van der Waals surface area contributed by atoms with Crippen molar-refractivity contribution in [3.05, 3.63) is 0 Å². The summed E-state index contributed by atoms with van der Waals surface area (Å²) in [7, 11) is 5.74. The van der Waals surface area contributed by atoms with Crippen LogP contribution in [0.25, 0.3) is 0 Å². The van der Waals surface area contributed by atoms with Gasteiger partial charge >= 0.3 is 0 Å². The van der Waals surface area contributed by atoms with Crippen molar-refractivity contribution in [1.82, 2.24) is 4.90 Å². The van der Waals surface area contributed by atoms with E-state index in [0.29, 0.717) is 0 Å².